The van der Waals surface area contributed by atoms with Crippen LogP contribution in [-0.4, -0.2) is 4.98 Å². The predicted octanol–water partition coefficient (Wildman–Crippen LogP) is 12.0. The van der Waals surface area contributed by atoms with Crippen LogP contribution < -0.4 is 4.90 Å². The van der Waals surface area contributed by atoms with Gasteiger partial charge in [-0.05, 0) is 59.0 Å². The van der Waals surface area contributed by atoms with Crippen LogP contribution in [0.1, 0.15) is 0 Å². The van der Waals surface area contributed by atoms with Crippen LogP contribution in [0.15, 0.2) is 152 Å². The zero-order valence-corrected chi connectivity index (χ0v) is 24.1. The number of fused-ring (bicyclic) bond motifs is 7. The molecule has 0 unspecified atom stereocenters. The molecular formula is C40H26N2S. The molecule has 43 heavy (non-hydrogen) atoms. The number of hydrogen-bond donors (Lipinski definition) is 1. The van der Waals surface area contributed by atoms with Crippen LogP contribution in [0.3, 0.4) is 0 Å². The zero-order valence-electron chi connectivity index (χ0n) is 23.3. The van der Waals surface area contributed by atoms with Crippen molar-refractivity contribution in [3.8, 4) is 11.1 Å². The number of aromatic amines is 1. The molecule has 0 bridgehead atoms. The molecule has 2 heterocycles. The molecule has 0 spiro atoms. The molecule has 0 aliphatic rings. The first-order valence-corrected chi connectivity index (χ1v) is 15.4. The quantitative estimate of drug-likeness (QED) is 0.224. The fraction of sp³-hybridized carbons (Fsp3) is 0. The largest absolute Gasteiger partial charge is 0.354 e. The maximum atomic E-state index is 3.67. The lowest BCUT2D eigenvalue weighted by Crippen LogP contribution is -2.11. The summed E-state index contributed by atoms with van der Waals surface area (Å²) in [5, 5.41) is 7.54. The lowest BCUT2D eigenvalue weighted by molar-refractivity contribution is 1.32. The van der Waals surface area contributed by atoms with E-state index in [-0.39, 0.29) is 0 Å². The van der Waals surface area contributed by atoms with Gasteiger partial charge >= 0.3 is 0 Å². The van der Waals surface area contributed by atoms with Gasteiger partial charge in [-0.15, -0.1) is 11.3 Å². The Morgan fingerprint density at radius 1 is 0.442 bits per heavy atom. The molecule has 3 heteroatoms. The number of rotatable bonds is 4. The van der Waals surface area contributed by atoms with Gasteiger partial charge in [0.25, 0.3) is 0 Å². The maximum Gasteiger partial charge on any atom is 0.0562 e. The first-order chi connectivity index (χ1) is 21.3. The van der Waals surface area contributed by atoms with Crippen molar-refractivity contribution in [2.45, 2.75) is 0 Å². The maximum absolute atomic E-state index is 3.67. The number of anilines is 3. The van der Waals surface area contributed by atoms with Crippen molar-refractivity contribution in [2.24, 2.45) is 0 Å². The molecule has 0 saturated heterocycles. The lowest BCUT2D eigenvalue weighted by atomic mass is 9.96. The minimum Gasteiger partial charge on any atom is -0.354 e. The number of H-pyrrole nitrogens is 1. The van der Waals surface area contributed by atoms with E-state index in [0.717, 1.165) is 28.1 Å². The van der Waals surface area contributed by atoms with E-state index in [1.54, 1.807) is 0 Å². The summed E-state index contributed by atoms with van der Waals surface area (Å²) in [5.41, 5.74) is 8.22. The lowest BCUT2D eigenvalue weighted by Gasteiger charge is -2.28. The third-order valence-corrected chi connectivity index (χ3v) is 9.73. The Balaban J connectivity index is 1.37. The van der Waals surface area contributed by atoms with Crippen LogP contribution >= 0.6 is 11.3 Å². The number of thiophene rings is 1. The van der Waals surface area contributed by atoms with Gasteiger partial charge in [-0.2, -0.15) is 0 Å². The van der Waals surface area contributed by atoms with E-state index in [9.17, 15) is 0 Å². The van der Waals surface area contributed by atoms with Crippen LogP contribution in [0.4, 0.5) is 17.1 Å². The van der Waals surface area contributed by atoms with Gasteiger partial charge in [0.1, 0.15) is 0 Å². The van der Waals surface area contributed by atoms with Crippen molar-refractivity contribution >= 4 is 81.1 Å². The van der Waals surface area contributed by atoms with Gasteiger partial charge in [-0.3, -0.25) is 0 Å². The molecule has 0 atom stereocenters. The minimum absolute atomic E-state index is 1.14. The van der Waals surface area contributed by atoms with Crippen molar-refractivity contribution in [2.75, 3.05) is 4.90 Å². The van der Waals surface area contributed by atoms with Gasteiger partial charge in [-0.25, -0.2) is 0 Å². The van der Waals surface area contributed by atoms with E-state index in [1.807, 2.05) is 11.3 Å². The molecule has 7 aromatic carbocycles. The monoisotopic (exact) mass is 566 g/mol. The molecule has 2 nitrogen and oxygen atoms in total. The van der Waals surface area contributed by atoms with E-state index >= 15 is 0 Å². The van der Waals surface area contributed by atoms with E-state index < -0.39 is 0 Å². The number of aromatic nitrogens is 1. The summed E-state index contributed by atoms with van der Waals surface area (Å²) in [5.74, 6) is 0. The summed E-state index contributed by atoms with van der Waals surface area (Å²) < 4.78 is 2.61. The highest BCUT2D eigenvalue weighted by Crippen LogP contribution is 2.47. The Morgan fingerprint density at radius 3 is 2.02 bits per heavy atom. The van der Waals surface area contributed by atoms with Crippen molar-refractivity contribution in [3.63, 3.8) is 0 Å². The Bertz CT molecular complexity index is 2470. The third kappa shape index (κ3) is 3.79. The second-order valence-electron chi connectivity index (χ2n) is 11.0. The molecule has 0 amide bonds. The van der Waals surface area contributed by atoms with E-state index in [0.29, 0.717) is 0 Å². The molecule has 9 rings (SSSR count). The van der Waals surface area contributed by atoms with Crippen molar-refractivity contribution in [3.05, 3.63) is 152 Å². The Morgan fingerprint density at radius 2 is 1.14 bits per heavy atom. The highest BCUT2D eigenvalue weighted by Gasteiger charge is 2.21. The first kappa shape index (κ1) is 24.2. The normalized spacial score (nSPS) is 11.7. The molecule has 0 radical (unpaired) electrons. The average Bonchev–Trinajstić information content (AvgIpc) is 3.64. The predicted molar refractivity (Wildman–Crippen MR) is 186 cm³/mol. The molecule has 0 aliphatic heterocycles. The van der Waals surface area contributed by atoms with E-state index in [1.165, 1.54) is 52.8 Å². The number of nitrogens with one attached hydrogen (secondary N) is 1. The minimum atomic E-state index is 1.14. The number of para-hydroxylation sites is 1. The molecule has 0 fully saturated rings. The van der Waals surface area contributed by atoms with Crippen molar-refractivity contribution in [1.82, 2.24) is 4.98 Å². The van der Waals surface area contributed by atoms with Gasteiger partial charge in [0.05, 0.1) is 11.4 Å². The Hall–Kier alpha value is -5.38. The summed E-state index contributed by atoms with van der Waals surface area (Å²) in [6.45, 7) is 0. The summed E-state index contributed by atoms with van der Waals surface area (Å²) in [7, 11) is 0. The topological polar surface area (TPSA) is 19.0 Å². The van der Waals surface area contributed by atoms with Crippen LogP contribution in [0, 0.1) is 0 Å². The van der Waals surface area contributed by atoms with Crippen LogP contribution in [-0.2, 0) is 0 Å². The van der Waals surface area contributed by atoms with Gasteiger partial charge in [0, 0.05) is 53.1 Å². The average molecular weight is 567 g/mol. The Labute approximate surface area is 253 Å². The zero-order chi connectivity index (χ0) is 28.3. The Kier molecular flexibility index (Phi) is 5.40. The second kappa shape index (κ2) is 9.59. The van der Waals surface area contributed by atoms with Crippen LogP contribution in [0.2, 0.25) is 0 Å². The number of nitrogens with zero attached hydrogens (tertiary/aromatic N) is 1. The van der Waals surface area contributed by atoms with Gasteiger partial charge in [-0.1, -0.05) is 109 Å². The summed E-state index contributed by atoms with van der Waals surface area (Å²) >= 11 is 1.86. The van der Waals surface area contributed by atoms with Crippen LogP contribution in [0.5, 0.6) is 0 Å². The van der Waals surface area contributed by atoms with E-state index in [2.05, 4.69) is 162 Å². The molecule has 9 aromatic rings. The number of hydrogen-bond acceptors (Lipinski definition) is 2. The molecule has 1 N–H and O–H groups in total. The molecule has 2 aromatic heterocycles. The fourth-order valence-corrected chi connectivity index (χ4v) is 7.82. The van der Waals surface area contributed by atoms with Gasteiger partial charge in [0.15, 0.2) is 0 Å². The van der Waals surface area contributed by atoms with Crippen molar-refractivity contribution < 1.29 is 0 Å². The smallest absolute Gasteiger partial charge is 0.0562 e. The second-order valence-corrected chi connectivity index (χ2v) is 12.1. The van der Waals surface area contributed by atoms with E-state index in [4.69, 9.17) is 0 Å². The summed E-state index contributed by atoms with van der Waals surface area (Å²) in [6, 6.07) is 55.0. The van der Waals surface area contributed by atoms with Gasteiger partial charge < -0.3 is 9.88 Å². The highest BCUT2D eigenvalue weighted by molar-refractivity contribution is 7.25. The highest BCUT2D eigenvalue weighted by atomic mass is 32.1. The molecule has 0 aliphatic carbocycles. The third-order valence-electron chi connectivity index (χ3n) is 8.60. The van der Waals surface area contributed by atoms with Crippen molar-refractivity contribution in [1.29, 1.82) is 0 Å². The molecule has 202 valence electrons. The van der Waals surface area contributed by atoms with Gasteiger partial charge in [0.2, 0.25) is 0 Å². The summed E-state index contributed by atoms with van der Waals surface area (Å²) in [6.07, 6.45) is 0. The number of benzene rings is 7. The molecular weight excluding hydrogens is 541 g/mol. The SMILES string of the molecule is c1ccc(-c2ccc(N(c3ccc4c(c3)sc3ccccc34)c3cccc4[nH]c5ccccc5c34)c3ccccc23)cc1. The molecule has 0 saturated carbocycles. The first-order valence-electron chi connectivity index (χ1n) is 14.6. The summed E-state index contributed by atoms with van der Waals surface area (Å²) in [4.78, 5) is 6.13. The van der Waals surface area contributed by atoms with Crippen LogP contribution in [0.25, 0.3) is 63.9 Å². The fourth-order valence-electron chi connectivity index (χ4n) is 6.68. The standard InChI is InChI=1S/C40H26N2S/c1-2-11-26(12-3-1)28-23-24-36(30-14-5-4-13-29(28)30)42(27-21-22-32-31-15-7-9-20-38(31)43-39(32)25-27)37-19-10-18-35-40(37)33-16-6-8-17-34(33)41-35/h1-25,41H.